The molecule has 256 valence electrons. The Morgan fingerprint density at radius 3 is 1.67 bits per heavy atom. The SMILES string of the molecule is CC(C)(C)OC(=O)C[C@H]1C[C@@H](CCC[n+]2c(-c3ccccc3)cc(-c3ccccc3)cc2-c2ccccc2)OC(C)(C)O1.F[B-](F)(F)F. The average molecular weight is 666 g/mol. The number of aromatic nitrogens is 1. The standard InChI is InChI=1S/C38H44NO4.BF4/c1-37(2,3)43-36(40)27-33-26-32(41-38(4,5)42-33)22-15-23-39-34(29-18-11-7-12-19-29)24-31(28-16-9-6-10-17-28)25-35(39)30-20-13-8-14-21-30;2-1(3,4)5/h6-14,16-21,24-25,32-33H,15,22-23,26-27H2,1-5H3;/q+1;-1/t32-,33-;/m1./s1. The van der Waals surface area contributed by atoms with Crippen LogP contribution >= 0.6 is 0 Å². The first-order valence-corrected chi connectivity index (χ1v) is 16.3. The van der Waals surface area contributed by atoms with Crippen LogP contribution in [0, 0.1) is 0 Å². The van der Waals surface area contributed by atoms with Crippen LogP contribution in [0.4, 0.5) is 17.3 Å². The molecule has 5 nitrogen and oxygen atoms in total. The summed E-state index contributed by atoms with van der Waals surface area (Å²) < 4.78 is 59.5. The van der Waals surface area contributed by atoms with E-state index in [1.54, 1.807) is 0 Å². The van der Waals surface area contributed by atoms with Crippen molar-refractivity contribution >= 4 is 13.2 Å². The highest BCUT2D eigenvalue weighted by molar-refractivity contribution is 6.50. The van der Waals surface area contributed by atoms with Crippen LogP contribution < -0.4 is 4.57 Å². The Morgan fingerprint density at radius 1 is 0.771 bits per heavy atom. The number of benzene rings is 3. The molecule has 0 radical (unpaired) electrons. The zero-order valence-corrected chi connectivity index (χ0v) is 28.2. The smallest absolute Gasteiger partial charge is 0.460 e. The molecule has 1 aliphatic rings. The van der Waals surface area contributed by atoms with Crippen molar-refractivity contribution in [1.29, 1.82) is 0 Å². The zero-order chi connectivity index (χ0) is 35.0. The van der Waals surface area contributed by atoms with E-state index in [9.17, 15) is 22.1 Å². The highest BCUT2D eigenvalue weighted by atomic mass is 19.5. The van der Waals surface area contributed by atoms with Gasteiger partial charge in [-0.25, -0.2) is 0 Å². The fourth-order valence-electron chi connectivity index (χ4n) is 5.92. The van der Waals surface area contributed by atoms with Gasteiger partial charge in [-0.05, 0) is 76.4 Å². The van der Waals surface area contributed by atoms with Gasteiger partial charge in [-0.2, -0.15) is 4.57 Å². The number of pyridine rings is 1. The summed E-state index contributed by atoms with van der Waals surface area (Å²) in [7, 11) is -6.00. The Labute approximate surface area is 281 Å². The number of esters is 1. The van der Waals surface area contributed by atoms with Crippen molar-refractivity contribution in [3.63, 3.8) is 0 Å². The molecule has 1 aromatic heterocycles. The summed E-state index contributed by atoms with van der Waals surface area (Å²) in [6.45, 7) is 10.3. The normalized spacial score (nSPS) is 17.6. The Kier molecular flexibility index (Phi) is 12.2. The largest absolute Gasteiger partial charge is 0.673 e. The van der Waals surface area contributed by atoms with Gasteiger partial charge in [0.2, 0.25) is 11.4 Å². The van der Waals surface area contributed by atoms with Crippen LogP contribution in [0.2, 0.25) is 0 Å². The van der Waals surface area contributed by atoms with Gasteiger partial charge < -0.3 is 31.5 Å². The molecule has 2 atom stereocenters. The molecule has 2 heterocycles. The van der Waals surface area contributed by atoms with Gasteiger partial charge in [0, 0.05) is 36.1 Å². The minimum absolute atomic E-state index is 0.0132. The number of rotatable bonds is 9. The third-order valence-corrected chi connectivity index (χ3v) is 7.56. The van der Waals surface area contributed by atoms with Crippen LogP contribution in [0.15, 0.2) is 103 Å². The van der Waals surface area contributed by atoms with Gasteiger partial charge in [0.15, 0.2) is 5.79 Å². The van der Waals surface area contributed by atoms with Crippen molar-refractivity contribution in [2.75, 3.05) is 0 Å². The number of carbonyl (C=O) groups is 1. The van der Waals surface area contributed by atoms with Crippen LogP contribution in [-0.2, 0) is 25.5 Å². The van der Waals surface area contributed by atoms with Crippen molar-refractivity contribution in [2.45, 2.75) is 90.4 Å². The van der Waals surface area contributed by atoms with E-state index in [0.29, 0.717) is 6.42 Å². The first-order chi connectivity index (χ1) is 22.6. The van der Waals surface area contributed by atoms with E-state index in [2.05, 4.69) is 108 Å². The number of nitrogens with zero attached hydrogens (tertiary/aromatic N) is 1. The van der Waals surface area contributed by atoms with Gasteiger partial charge in [0.25, 0.3) is 0 Å². The fourth-order valence-corrected chi connectivity index (χ4v) is 5.92. The molecule has 4 aromatic rings. The molecule has 48 heavy (non-hydrogen) atoms. The summed E-state index contributed by atoms with van der Waals surface area (Å²) >= 11 is 0. The summed E-state index contributed by atoms with van der Waals surface area (Å²) in [6.07, 6.45) is 2.41. The predicted octanol–water partition coefficient (Wildman–Crippen LogP) is 9.70. The molecule has 0 spiro atoms. The molecule has 0 N–H and O–H groups in total. The molecule has 0 saturated carbocycles. The van der Waals surface area contributed by atoms with Gasteiger partial charge in [0.1, 0.15) is 12.1 Å². The van der Waals surface area contributed by atoms with E-state index in [-0.39, 0.29) is 24.6 Å². The zero-order valence-electron chi connectivity index (χ0n) is 28.2. The molecular formula is C38H44BF4NO4. The summed E-state index contributed by atoms with van der Waals surface area (Å²) in [6, 6.07) is 36.4. The van der Waals surface area contributed by atoms with Crippen molar-refractivity contribution in [1.82, 2.24) is 0 Å². The van der Waals surface area contributed by atoms with E-state index >= 15 is 0 Å². The van der Waals surface area contributed by atoms with Crippen LogP contribution in [0.3, 0.4) is 0 Å². The first kappa shape index (κ1) is 36.8. The van der Waals surface area contributed by atoms with E-state index in [0.717, 1.165) is 19.4 Å². The van der Waals surface area contributed by atoms with Crippen LogP contribution in [0.1, 0.15) is 60.3 Å². The molecule has 0 aliphatic carbocycles. The van der Waals surface area contributed by atoms with Gasteiger partial charge in [-0.15, -0.1) is 0 Å². The van der Waals surface area contributed by atoms with Gasteiger partial charge in [-0.3, -0.25) is 4.79 Å². The van der Waals surface area contributed by atoms with Gasteiger partial charge in [-0.1, -0.05) is 66.7 Å². The third kappa shape index (κ3) is 11.9. The second kappa shape index (κ2) is 15.9. The molecule has 1 saturated heterocycles. The lowest BCUT2D eigenvalue weighted by Gasteiger charge is -2.40. The second-order valence-electron chi connectivity index (χ2n) is 13.3. The summed E-state index contributed by atoms with van der Waals surface area (Å²) in [5, 5.41) is 0. The lowest BCUT2D eigenvalue weighted by Crippen LogP contribution is -2.46. The maximum Gasteiger partial charge on any atom is 0.673 e. The Bertz CT molecular complexity index is 1540. The lowest BCUT2D eigenvalue weighted by atomic mass is 9.98. The van der Waals surface area contributed by atoms with Crippen molar-refractivity contribution in [3.8, 4) is 33.6 Å². The highest BCUT2D eigenvalue weighted by Crippen LogP contribution is 2.32. The summed E-state index contributed by atoms with van der Waals surface area (Å²) in [5.41, 5.74) is 6.58. The molecule has 0 unspecified atom stereocenters. The number of halogens is 4. The molecule has 5 rings (SSSR count). The lowest BCUT2D eigenvalue weighted by molar-refractivity contribution is -0.676. The fraction of sp³-hybridized carbons (Fsp3) is 0.368. The van der Waals surface area contributed by atoms with Crippen LogP contribution in [-0.4, -0.2) is 36.8 Å². The van der Waals surface area contributed by atoms with Crippen molar-refractivity contribution < 1.29 is 40.8 Å². The number of carbonyl (C=O) groups excluding carboxylic acids is 1. The van der Waals surface area contributed by atoms with E-state index < -0.39 is 18.6 Å². The average Bonchev–Trinajstić information content (AvgIpc) is 3.00. The third-order valence-electron chi connectivity index (χ3n) is 7.56. The van der Waals surface area contributed by atoms with Crippen molar-refractivity contribution in [3.05, 3.63) is 103 Å². The predicted molar refractivity (Wildman–Crippen MR) is 181 cm³/mol. The van der Waals surface area contributed by atoms with Crippen LogP contribution in [0.5, 0.6) is 0 Å². The highest BCUT2D eigenvalue weighted by Gasteiger charge is 2.37. The minimum Gasteiger partial charge on any atom is -0.460 e. The molecule has 0 amide bonds. The maximum absolute atomic E-state index is 12.6. The molecule has 1 fully saturated rings. The summed E-state index contributed by atoms with van der Waals surface area (Å²) in [5.74, 6) is -0.993. The quantitative estimate of drug-likeness (QED) is 0.0774. The molecule has 0 bridgehead atoms. The van der Waals surface area contributed by atoms with Gasteiger partial charge >= 0.3 is 13.2 Å². The Balaban J connectivity index is 0.000000968. The van der Waals surface area contributed by atoms with E-state index in [4.69, 9.17) is 14.2 Å². The molecular weight excluding hydrogens is 621 g/mol. The molecule has 10 heteroatoms. The maximum atomic E-state index is 12.6. The first-order valence-electron chi connectivity index (χ1n) is 16.3. The number of hydrogen-bond acceptors (Lipinski definition) is 4. The van der Waals surface area contributed by atoms with Crippen molar-refractivity contribution in [2.24, 2.45) is 0 Å². The monoisotopic (exact) mass is 665 g/mol. The topological polar surface area (TPSA) is 48.6 Å². The molecule has 3 aromatic carbocycles. The molecule has 1 aliphatic heterocycles. The van der Waals surface area contributed by atoms with Crippen LogP contribution in [0.25, 0.3) is 33.6 Å². The summed E-state index contributed by atoms with van der Waals surface area (Å²) in [4.78, 5) is 12.6. The second-order valence-corrected chi connectivity index (χ2v) is 13.3. The minimum atomic E-state index is -6.00. The number of ether oxygens (including phenoxy) is 3. The number of hydrogen-bond donors (Lipinski definition) is 0. The van der Waals surface area contributed by atoms with E-state index in [1.807, 2.05) is 34.6 Å². The Hall–Kier alpha value is -4.02. The van der Waals surface area contributed by atoms with E-state index in [1.165, 1.54) is 33.6 Å². The Morgan fingerprint density at radius 2 is 1.21 bits per heavy atom. The van der Waals surface area contributed by atoms with Gasteiger partial charge in [0.05, 0.1) is 18.6 Å².